The Morgan fingerprint density at radius 3 is 2.82 bits per heavy atom. The monoisotopic (exact) mass is 321 g/mol. The first kappa shape index (κ1) is 14.2. The minimum atomic E-state index is -0.819. The summed E-state index contributed by atoms with van der Waals surface area (Å²) in [6.07, 6.45) is 0. The number of nitrogens with zero attached hydrogens (tertiary/aromatic N) is 3. The average molecular weight is 322 g/mol. The second kappa shape index (κ2) is 5.23. The molecule has 0 amide bonds. The predicted octanol–water partition coefficient (Wildman–Crippen LogP) is 2.18. The summed E-state index contributed by atoms with van der Waals surface area (Å²) in [6, 6.07) is 4.79. The van der Waals surface area contributed by atoms with Gasteiger partial charge in [-0.15, -0.1) is 0 Å². The summed E-state index contributed by atoms with van der Waals surface area (Å²) in [7, 11) is 1.17. The van der Waals surface area contributed by atoms with Crippen molar-refractivity contribution in [2.24, 2.45) is 0 Å². The van der Waals surface area contributed by atoms with Gasteiger partial charge in [-0.05, 0) is 12.1 Å². The Labute approximate surface area is 128 Å². The number of hydrogen-bond acceptors (Lipinski definition) is 6. The van der Waals surface area contributed by atoms with Crippen molar-refractivity contribution in [3.63, 3.8) is 0 Å². The van der Waals surface area contributed by atoms with E-state index in [9.17, 15) is 9.18 Å². The third kappa shape index (κ3) is 2.13. The van der Waals surface area contributed by atoms with Crippen LogP contribution >= 0.6 is 11.6 Å². The molecule has 2 heterocycles. The third-order valence-electron chi connectivity index (χ3n) is 3.08. The molecular weight excluding hydrogens is 313 g/mol. The van der Waals surface area contributed by atoms with E-state index in [-0.39, 0.29) is 22.1 Å². The molecule has 1 aromatic carbocycles. The summed E-state index contributed by atoms with van der Waals surface area (Å²) >= 11 is 5.85. The van der Waals surface area contributed by atoms with E-state index in [0.29, 0.717) is 16.6 Å². The van der Waals surface area contributed by atoms with Crippen LogP contribution in [0.15, 0.2) is 18.2 Å². The molecule has 0 saturated carbocycles. The predicted molar refractivity (Wildman–Crippen MR) is 77.8 cm³/mol. The van der Waals surface area contributed by atoms with Crippen molar-refractivity contribution in [1.82, 2.24) is 20.4 Å². The number of carbonyl (C=O) groups is 1. The molecule has 7 nitrogen and oxygen atoms in total. The largest absolute Gasteiger partial charge is 0.464 e. The van der Waals surface area contributed by atoms with Gasteiger partial charge < -0.3 is 10.5 Å². The summed E-state index contributed by atoms with van der Waals surface area (Å²) in [6.45, 7) is 0. The number of carbonyl (C=O) groups excluding carboxylic acids is 1. The molecule has 0 atom stereocenters. The molecule has 3 N–H and O–H groups in total. The van der Waals surface area contributed by atoms with Crippen LogP contribution in [0.2, 0.25) is 5.02 Å². The van der Waals surface area contributed by atoms with Crippen molar-refractivity contribution in [1.29, 1.82) is 0 Å². The van der Waals surface area contributed by atoms with Crippen LogP contribution in [0.4, 0.5) is 10.1 Å². The molecule has 112 valence electrons. The highest BCUT2D eigenvalue weighted by Crippen LogP contribution is 2.33. The van der Waals surface area contributed by atoms with E-state index in [1.807, 2.05) is 0 Å². The molecule has 9 heteroatoms. The fourth-order valence-corrected chi connectivity index (χ4v) is 2.17. The standard InChI is InChI=1S/C13H9ClFN5O2/c1-22-13(21)12-8(14)10(16)9(15)11(17-12)5-2-3-6-7(4-5)19-20-18-6/h2-4H,1H3,(H2,16,17)(H,18,19,20). The zero-order chi connectivity index (χ0) is 15.9. The molecular formula is C13H9ClFN5O2. The minimum absolute atomic E-state index is 0.118. The molecule has 0 aliphatic rings. The zero-order valence-electron chi connectivity index (χ0n) is 11.2. The van der Waals surface area contributed by atoms with E-state index in [2.05, 4.69) is 25.1 Å². The number of methoxy groups -OCH3 is 1. The Balaban J connectivity index is 2.25. The van der Waals surface area contributed by atoms with Gasteiger partial charge in [-0.25, -0.2) is 14.2 Å². The Morgan fingerprint density at radius 2 is 2.09 bits per heavy atom. The van der Waals surface area contributed by atoms with Crippen LogP contribution in [-0.4, -0.2) is 33.5 Å². The van der Waals surface area contributed by atoms with Crippen LogP contribution in [0.25, 0.3) is 22.3 Å². The number of nitrogen functional groups attached to an aromatic ring is 1. The van der Waals surface area contributed by atoms with Crippen LogP contribution in [0.3, 0.4) is 0 Å². The molecule has 0 radical (unpaired) electrons. The highest BCUT2D eigenvalue weighted by molar-refractivity contribution is 6.35. The number of esters is 1. The number of pyridine rings is 1. The summed E-state index contributed by atoms with van der Waals surface area (Å²) in [5.41, 5.74) is 6.39. The summed E-state index contributed by atoms with van der Waals surface area (Å²) in [5.74, 6) is -1.62. The van der Waals surface area contributed by atoms with Crippen LogP contribution in [-0.2, 0) is 4.74 Å². The van der Waals surface area contributed by atoms with E-state index >= 15 is 0 Å². The number of rotatable bonds is 2. The van der Waals surface area contributed by atoms with E-state index < -0.39 is 11.8 Å². The first-order valence-electron chi connectivity index (χ1n) is 6.06. The van der Waals surface area contributed by atoms with Crippen molar-refractivity contribution in [3.05, 3.63) is 34.7 Å². The lowest BCUT2D eigenvalue weighted by molar-refractivity contribution is 0.0594. The number of nitrogens with one attached hydrogen (secondary N) is 1. The number of nitrogens with two attached hydrogens (primary N) is 1. The molecule has 0 spiro atoms. The molecule has 0 aliphatic carbocycles. The van der Waals surface area contributed by atoms with Crippen molar-refractivity contribution in [2.75, 3.05) is 12.8 Å². The maximum Gasteiger partial charge on any atom is 0.358 e. The van der Waals surface area contributed by atoms with Gasteiger partial charge in [0.15, 0.2) is 11.5 Å². The Bertz CT molecular complexity index is 896. The lowest BCUT2D eigenvalue weighted by Gasteiger charge is -2.10. The number of aromatic nitrogens is 4. The van der Waals surface area contributed by atoms with Gasteiger partial charge in [0.05, 0.1) is 17.8 Å². The van der Waals surface area contributed by atoms with Gasteiger partial charge in [-0.3, -0.25) is 0 Å². The minimum Gasteiger partial charge on any atom is -0.464 e. The smallest absolute Gasteiger partial charge is 0.358 e. The van der Waals surface area contributed by atoms with Gasteiger partial charge in [-0.2, -0.15) is 15.4 Å². The fraction of sp³-hybridized carbons (Fsp3) is 0.0769. The van der Waals surface area contributed by atoms with Crippen LogP contribution < -0.4 is 5.73 Å². The number of benzene rings is 1. The average Bonchev–Trinajstić information content (AvgIpc) is 2.99. The second-order valence-electron chi connectivity index (χ2n) is 4.37. The second-order valence-corrected chi connectivity index (χ2v) is 4.75. The van der Waals surface area contributed by atoms with Gasteiger partial charge >= 0.3 is 5.97 Å². The van der Waals surface area contributed by atoms with Gasteiger partial charge in [0.25, 0.3) is 0 Å². The van der Waals surface area contributed by atoms with Crippen molar-refractivity contribution in [2.45, 2.75) is 0 Å². The summed E-state index contributed by atoms with van der Waals surface area (Å²) in [4.78, 5) is 15.6. The number of halogens is 2. The Morgan fingerprint density at radius 1 is 1.36 bits per heavy atom. The maximum absolute atomic E-state index is 14.4. The lowest BCUT2D eigenvalue weighted by atomic mass is 10.1. The first-order valence-corrected chi connectivity index (χ1v) is 6.44. The molecule has 22 heavy (non-hydrogen) atoms. The zero-order valence-corrected chi connectivity index (χ0v) is 12.0. The highest BCUT2D eigenvalue weighted by atomic mass is 35.5. The van der Waals surface area contributed by atoms with E-state index in [4.69, 9.17) is 17.3 Å². The Hall–Kier alpha value is -2.74. The lowest BCUT2D eigenvalue weighted by Crippen LogP contribution is -2.10. The SMILES string of the molecule is COC(=O)c1nc(-c2ccc3n[nH]nc3c2)c(F)c(N)c1Cl. The van der Waals surface area contributed by atoms with Crippen LogP contribution in [0.5, 0.6) is 0 Å². The molecule has 3 aromatic rings. The summed E-state index contributed by atoms with van der Waals surface area (Å²) < 4.78 is 18.9. The van der Waals surface area contributed by atoms with Crippen molar-refractivity contribution < 1.29 is 13.9 Å². The number of fused-ring (bicyclic) bond motifs is 1. The van der Waals surface area contributed by atoms with E-state index in [1.54, 1.807) is 18.2 Å². The first-order chi connectivity index (χ1) is 10.5. The molecule has 0 aliphatic heterocycles. The number of ether oxygens (including phenoxy) is 1. The van der Waals surface area contributed by atoms with Gasteiger partial charge in [-0.1, -0.05) is 17.7 Å². The quantitative estimate of drug-likeness (QED) is 0.701. The molecule has 0 saturated heterocycles. The number of H-pyrrole nitrogens is 1. The number of anilines is 1. The molecule has 0 unspecified atom stereocenters. The maximum atomic E-state index is 14.4. The van der Waals surface area contributed by atoms with E-state index in [1.165, 1.54) is 7.11 Å². The third-order valence-corrected chi connectivity index (χ3v) is 3.46. The molecule has 3 rings (SSSR count). The molecule has 0 bridgehead atoms. The van der Waals surface area contributed by atoms with E-state index in [0.717, 1.165) is 0 Å². The van der Waals surface area contributed by atoms with Crippen molar-refractivity contribution in [3.8, 4) is 11.3 Å². The van der Waals surface area contributed by atoms with Gasteiger partial charge in [0.2, 0.25) is 0 Å². The summed E-state index contributed by atoms with van der Waals surface area (Å²) in [5, 5.41) is 9.98. The normalized spacial score (nSPS) is 10.9. The van der Waals surface area contributed by atoms with Gasteiger partial charge in [0, 0.05) is 5.56 Å². The highest BCUT2D eigenvalue weighted by Gasteiger charge is 2.23. The number of aromatic amines is 1. The van der Waals surface area contributed by atoms with Crippen molar-refractivity contribution >= 4 is 34.3 Å². The molecule has 2 aromatic heterocycles. The number of hydrogen-bond donors (Lipinski definition) is 2. The topological polar surface area (TPSA) is 107 Å². The fourth-order valence-electron chi connectivity index (χ4n) is 1.97. The molecule has 0 fully saturated rings. The van der Waals surface area contributed by atoms with Gasteiger partial charge in [0.1, 0.15) is 16.7 Å². The van der Waals surface area contributed by atoms with Crippen LogP contribution in [0, 0.1) is 5.82 Å². The van der Waals surface area contributed by atoms with Crippen LogP contribution in [0.1, 0.15) is 10.5 Å². The Kier molecular flexibility index (Phi) is 3.38.